The molecule has 0 aliphatic heterocycles. The lowest BCUT2D eigenvalue weighted by Crippen LogP contribution is -2.38. The third kappa shape index (κ3) is 4.15. The van der Waals surface area contributed by atoms with Gasteiger partial charge in [-0.15, -0.1) is 0 Å². The molecule has 0 bridgehead atoms. The van der Waals surface area contributed by atoms with Crippen molar-refractivity contribution >= 4 is 5.91 Å². The van der Waals surface area contributed by atoms with Crippen LogP contribution in [0.15, 0.2) is 24.3 Å². The van der Waals surface area contributed by atoms with Gasteiger partial charge >= 0.3 is 0 Å². The second-order valence-electron chi connectivity index (χ2n) is 4.88. The van der Waals surface area contributed by atoms with E-state index in [9.17, 15) is 4.79 Å². The molecule has 0 saturated heterocycles. The van der Waals surface area contributed by atoms with E-state index in [1.54, 1.807) is 0 Å². The van der Waals surface area contributed by atoms with Gasteiger partial charge in [0, 0.05) is 25.6 Å². The third-order valence-electron chi connectivity index (χ3n) is 3.07. The molecule has 0 fully saturated rings. The number of carbonyl (C=O) groups is 1. The molecular formula is C15H24N2O. The summed E-state index contributed by atoms with van der Waals surface area (Å²) in [6.45, 7) is 7.92. The lowest BCUT2D eigenvalue weighted by molar-refractivity contribution is -0.135. The van der Waals surface area contributed by atoms with Crippen LogP contribution in [0.2, 0.25) is 0 Å². The van der Waals surface area contributed by atoms with Gasteiger partial charge in [0.05, 0.1) is 0 Å². The minimum Gasteiger partial charge on any atom is -0.338 e. The molecule has 100 valence electrons. The van der Waals surface area contributed by atoms with Crippen LogP contribution in [0.3, 0.4) is 0 Å². The molecule has 1 atom stereocenters. The maximum absolute atomic E-state index is 12.2. The van der Waals surface area contributed by atoms with Crippen LogP contribution in [0.1, 0.15) is 31.4 Å². The van der Waals surface area contributed by atoms with Crippen molar-refractivity contribution < 1.29 is 4.79 Å². The van der Waals surface area contributed by atoms with E-state index in [-0.39, 0.29) is 11.8 Å². The smallest absolute Gasteiger partial charge is 0.226 e. The summed E-state index contributed by atoms with van der Waals surface area (Å²) in [5.74, 6) is 0.0573. The number of carbonyl (C=O) groups excluding carboxylic acids is 1. The van der Waals surface area contributed by atoms with Gasteiger partial charge in [0.1, 0.15) is 0 Å². The molecule has 0 saturated carbocycles. The Kier molecular flexibility index (Phi) is 5.86. The Balaban J connectivity index is 2.73. The van der Waals surface area contributed by atoms with Gasteiger partial charge < -0.3 is 10.6 Å². The third-order valence-corrected chi connectivity index (χ3v) is 3.07. The fraction of sp³-hybridized carbons (Fsp3) is 0.533. The van der Waals surface area contributed by atoms with Crippen molar-refractivity contribution in [3.63, 3.8) is 0 Å². The lowest BCUT2D eigenvalue weighted by atomic mass is 10.1. The predicted molar refractivity (Wildman–Crippen MR) is 75.1 cm³/mol. The number of hydrogen-bond donors (Lipinski definition) is 1. The second kappa shape index (κ2) is 7.17. The maximum Gasteiger partial charge on any atom is 0.226 e. The first kappa shape index (κ1) is 14.7. The largest absolute Gasteiger partial charge is 0.338 e. The Bertz CT molecular complexity index is 373. The monoisotopic (exact) mass is 248 g/mol. The van der Waals surface area contributed by atoms with E-state index in [4.69, 9.17) is 5.73 Å². The maximum atomic E-state index is 12.2. The van der Waals surface area contributed by atoms with Crippen molar-refractivity contribution in [2.45, 2.75) is 33.7 Å². The molecule has 0 aliphatic carbocycles. The number of aryl methyl sites for hydroxylation is 1. The quantitative estimate of drug-likeness (QED) is 0.840. The lowest BCUT2D eigenvalue weighted by Gasteiger charge is -2.25. The summed E-state index contributed by atoms with van der Waals surface area (Å²) < 4.78 is 0. The van der Waals surface area contributed by atoms with E-state index >= 15 is 0 Å². The molecule has 18 heavy (non-hydrogen) atoms. The SMILES string of the molecule is CCCN(Cc1ccc(C)cc1)C(=O)C(C)CN. The summed E-state index contributed by atoms with van der Waals surface area (Å²) in [4.78, 5) is 14.1. The topological polar surface area (TPSA) is 46.3 Å². The molecule has 1 amide bonds. The first-order valence-electron chi connectivity index (χ1n) is 6.62. The predicted octanol–water partition coefficient (Wildman–Crippen LogP) is 2.33. The van der Waals surface area contributed by atoms with E-state index in [1.807, 2.05) is 11.8 Å². The Labute approximate surface area is 110 Å². The fourth-order valence-electron chi connectivity index (χ4n) is 1.86. The minimum atomic E-state index is -0.0954. The Morgan fingerprint density at radius 2 is 1.94 bits per heavy atom. The summed E-state index contributed by atoms with van der Waals surface area (Å²) >= 11 is 0. The van der Waals surface area contributed by atoms with Crippen LogP contribution in [0.4, 0.5) is 0 Å². The standard InChI is InChI=1S/C15H24N2O/c1-4-9-17(15(18)13(3)10-16)11-14-7-5-12(2)6-8-14/h5-8,13H,4,9-11,16H2,1-3H3. The van der Waals surface area contributed by atoms with Gasteiger partial charge in [0.2, 0.25) is 5.91 Å². The molecule has 0 aromatic heterocycles. The summed E-state index contributed by atoms with van der Waals surface area (Å²) in [5, 5.41) is 0. The molecule has 0 aliphatic rings. The molecule has 1 aromatic carbocycles. The van der Waals surface area contributed by atoms with Crippen molar-refractivity contribution in [2.75, 3.05) is 13.1 Å². The van der Waals surface area contributed by atoms with Gasteiger partial charge in [-0.1, -0.05) is 43.7 Å². The molecule has 1 unspecified atom stereocenters. The first-order valence-corrected chi connectivity index (χ1v) is 6.62. The fourth-order valence-corrected chi connectivity index (χ4v) is 1.86. The minimum absolute atomic E-state index is 0.0954. The Morgan fingerprint density at radius 1 is 1.33 bits per heavy atom. The number of amides is 1. The van der Waals surface area contributed by atoms with Crippen LogP contribution in [-0.4, -0.2) is 23.9 Å². The van der Waals surface area contributed by atoms with Crippen LogP contribution < -0.4 is 5.73 Å². The van der Waals surface area contributed by atoms with Crippen molar-refractivity contribution in [2.24, 2.45) is 11.7 Å². The molecule has 2 N–H and O–H groups in total. The molecular weight excluding hydrogens is 224 g/mol. The Hall–Kier alpha value is -1.35. The van der Waals surface area contributed by atoms with E-state index in [2.05, 4.69) is 38.1 Å². The normalized spacial score (nSPS) is 12.2. The number of nitrogens with zero attached hydrogens (tertiary/aromatic N) is 1. The highest BCUT2D eigenvalue weighted by Crippen LogP contribution is 2.10. The molecule has 1 rings (SSSR count). The zero-order valence-corrected chi connectivity index (χ0v) is 11.6. The van der Waals surface area contributed by atoms with Gasteiger partial charge in [-0.05, 0) is 18.9 Å². The summed E-state index contributed by atoms with van der Waals surface area (Å²) in [6.07, 6.45) is 0.967. The second-order valence-corrected chi connectivity index (χ2v) is 4.88. The van der Waals surface area contributed by atoms with Gasteiger partial charge in [-0.2, -0.15) is 0 Å². The molecule has 3 nitrogen and oxygen atoms in total. The molecule has 0 spiro atoms. The van der Waals surface area contributed by atoms with Crippen LogP contribution in [-0.2, 0) is 11.3 Å². The number of hydrogen-bond acceptors (Lipinski definition) is 2. The number of nitrogens with two attached hydrogens (primary N) is 1. The molecule has 0 heterocycles. The molecule has 3 heteroatoms. The van der Waals surface area contributed by atoms with Crippen LogP contribution in [0, 0.1) is 12.8 Å². The van der Waals surface area contributed by atoms with Crippen molar-refractivity contribution in [1.82, 2.24) is 4.90 Å². The van der Waals surface area contributed by atoms with E-state index in [0.29, 0.717) is 13.1 Å². The van der Waals surface area contributed by atoms with E-state index in [1.165, 1.54) is 11.1 Å². The molecule has 0 radical (unpaired) electrons. The average Bonchev–Trinajstić information content (AvgIpc) is 2.39. The van der Waals surface area contributed by atoms with Gasteiger partial charge in [-0.25, -0.2) is 0 Å². The van der Waals surface area contributed by atoms with Crippen molar-refractivity contribution in [1.29, 1.82) is 0 Å². The van der Waals surface area contributed by atoms with E-state index in [0.717, 1.165) is 13.0 Å². The highest BCUT2D eigenvalue weighted by molar-refractivity contribution is 5.78. The van der Waals surface area contributed by atoms with Gasteiger partial charge in [0.15, 0.2) is 0 Å². The zero-order chi connectivity index (χ0) is 13.5. The summed E-state index contributed by atoms with van der Waals surface area (Å²) in [7, 11) is 0. The van der Waals surface area contributed by atoms with E-state index < -0.39 is 0 Å². The first-order chi connectivity index (χ1) is 8.58. The van der Waals surface area contributed by atoms with Crippen LogP contribution in [0.25, 0.3) is 0 Å². The average molecular weight is 248 g/mol. The highest BCUT2D eigenvalue weighted by atomic mass is 16.2. The van der Waals surface area contributed by atoms with Crippen molar-refractivity contribution in [3.05, 3.63) is 35.4 Å². The number of rotatable bonds is 6. The highest BCUT2D eigenvalue weighted by Gasteiger charge is 2.18. The van der Waals surface area contributed by atoms with Gasteiger partial charge in [-0.3, -0.25) is 4.79 Å². The Morgan fingerprint density at radius 3 is 2.44 bits per heavy atom. The van der Waals surface area contributed by atoms with Crippen LogP contribution >= 0.6 is 0 Å². The number of benzene rings is 1. The molecule has 1 aromatic rings. The van der Waals surface area contributed by atoms with Crippen molar-refractivity contribution in [3.8, 4) is 0 Å². The van der Waals surface area contributed by atoms with Gasteiger partial charge in [0.25, 0.3) is 0 Å². The summed E-state index contributed by atoms with van der Waals surface area (Å²) in [6, 6.07) is 8.32. The summed E-state index contributed by atoms with van der Waals surface area (Å²) in [5.41, 5.74) is 7.98. The van der Waals surface area contributed by atoms with Crippen LogP contribution in [0.5, 0.6) is 0 Å². The zero-order valence-electron chi connectivity index (χ0n) is 11.6.